The van der Waals surface area contributed by atoms with Gasteiger partial charge in [-0.15, -0.1) is 11.3 Å². The van der Waals surface area contributed by atoms with E-state index >= 15 is 0 Å². The van der Waals surface area contributed by atoms with Crippen LogP contribution in [0.5, 0.6) is 5.75 Å². The third-order valence-electron chi connectivity index (χ3n) is 4.73. The fraction of sp³-hybridized carbons (Fsp3) is 0.400. The van der Waals surface area contributed by atoms with E-state index in [9.17, 15) is 18.0 Å². The average molecular weight is 472 g/mol. The first-order valence-corrected chi connectivity index (χ1v) is 12.3. The molecule has 10 heteroatoms. The van der Waals surface area contributed by atoms with Crippen molar-refractivity contribution in [3.05, 3.63) is 44.6 Å². The molecule has 1 saturated heterocycles. The zero-order valence-corrected chi connectivity index (χ0v) is 19.2. The van der Waals surface area contributed by atoms with Gasteiger partial charge in [-0.1, -0.05) is 11.6 Å². The Morgan fingerprint density at radius 1 is 1.37 bits per heavy atom. The van der Waals surface area contributed by atoms with Crippen LogP contribution < -0.4 is 4.74 Å². The summed E-state index contributed by atoms with van der Waals surface area (Å²) in [5, 5.41) is 1.35. The Hall–Kier alpha value is -1.94. The Morgan fingerprint density at radius 2 is 2.10 bits per heavy atom. The van der Waals surface area contributed by atoms with Crippen molar-refractivity contribution in [1.29, 1.82) is 0 Å². The van der Waals surface area contributed by atoms with E-state index in [1.54, 1.807) is 23.1 Å². The molecule has 0 saturated carbocycles. The lowest BCUT2D eigenvalue weighted by molar-refractivity contribution is -0.0400. The highest BCUT2D eigenvalue weighted by atomic mass is 35.5. The van der Waals surface area contributed by atoms with Crippen LogP contribution in [0.2, 0.25) is 5.02 Å². The maximum absolute atomic E-state index is 12.9. The molecular weight excluding hydrogens is 450 g/mol. The monoisotopic (exact) mass is 471 g/mol. The van der Waals surface area contributed by atoms with E-state index in [-0.39, 0.29) is 39.2 Å². The van der Waals surface area contributed by atoms with E-state index in [0.717, 1.165) is 23.2 Å². The number of Topliss-reactive ketones (excluding diaryl/α,β-unsaturated/α-hetero) is 1. The van der Waals surface area contributed by atoms with E-state index in [1.165, 1.54) is 12.3 Å². The maximum Gasteiger partial charge on any atom is 0.265 e. The Balaban J connectivity index is 1.64. The topological polar surface area (TPSA) is 90.0 Å². The number of sulfone groups is 1. The number of hydrogen-bond donors (Lipinski definition) is 0. The molecule has 2 heterocycles. The van der Waals surface area contributed by atoms with Crippen molar-refractivity contribution in [2.45, 2.75) is 24.8 Å². The normalized spacial score (nSPS) is 17.1. The fourth-order valence-electron chi connectivity index (χ4n) is 3.18. The van der Waals surface area contributed by atoms with Gasteiger partial charge in [-0.2, -0.15) is 0 Å². The van der Waals surface area contributed by atoms with Crippen molar-refractivity contribution >= 4 is 44.5 Å². The van der Waals surface area contributed by atoms with Crippen molar-refractivity contribution in [1.82, 2.24) is 4.90 Å². The summed E-state index contributed by atoms with van der Waals surface area (Å²) >= 11 is 7.17. The molecule has 0 spiro atoms. The Kier molecular flexibility index (Phi) is 6.86. The van der Waals surface area contributed by atoms with E-state index < -0.39 is 9.84 Å². The number of thiophene rings is 1. The van der Waals surface area contributed by atoms with Crippen LogP contribution in [0.1, 0.15) is 32.5 Å². The molecule has 1 aliphatic rings. The zero-order chi connectivity index (χ0) is 22.1. The number of ether oxygens (including phenoxy) is 2. The van der Waals surface area contributed by atoms with Gasteiger partial charge in [0, 0.05) is 23.7 Å². The Bertz CT molecular complexity index is 1080. The first kappa shape index (κ1) is 22.7. The number of ketones is 1. The van der Waals surface area contributed by atoms with Gasteiger partial charge in [0.25, 0.3) is 5.91 Å². The van der Waals surface area contributed by atoms with Crippen LogP contribution in [-0.2, 0) is 14.6 Å². The third-order valence-corrected chi connectivity index (χ3v) is 7.59. The van der Waals surface area contributed by atoms with Crippen LogP contribution in [0.25, 0.3) is 0 Å². The van der Waals surface area contributed by atoms with Crippen LogP contribution in [0.3, 0.4) is 0 Å². The second kappa shape index (κ2) is 9.05. The molecule has 0 bridgehead atoms. The predicted molar refractivity (Wildman–Crippen MR) is 115 cm³/mol. The molecule has 3 rings (SSSR count). The minimum absolute atomic E-state index is 0.00455. The van der Waals surface area contributed by atoms with Gasteiger partial charge in [-0.25, -0.2) is 8.42 Å². The summed E-state index contributed by atoms with van der Waals surface area (Å²) in [7, 11) is -3.50. The second-order valence-corrected chi connectivity index (χ2v) is 10.3. The summed E-state index contributed by atoms with van der Waals surface area (Å²) in [4.78, 5) is 26.2. The van der Waals surface area contributed by atoms with Crippen LogP contribution >= 0.6 is 22.9 Å². The molecule has 30 heavy (non-hydrogen) atoms. The van der Waals surface area contributed by atoms with Crippen molar-refractivity contribution in [2.75, 3.05) is 32.6 Å². The number of aryl methyl sites for hydroxylation is 1. The van der Waals surface area contributed by atoms with Crippen molar-refractivity contribution < 1.29 is 27.5 Å². The minimum atomic E-state index is -3.50. The number of amides is 1. The summed E-state index contributed by atoms with van der Waals surface area (Å²) in [6, 6.07) is 5.25. The molecule has 1 atom stereocenters. The summed E-state index contributed by atoms with van der Waals surface area (Å²) in [6.07, 6.45) is 0.714. The fourth-order valence-corrected chi connectivity index (χ4v) is 6.06. The van der Waals surface area contributed by atoms with Gasteiger partial charge in [-0.05, 0) is 37.6 Å². The molecule has 1 aromatic heterocycles. The highest BCUT2D eigenvalue weighted by molar-refractivity contribution is 7.91. The maximum atomic E-state index is 12.9. The quantitative estimate of drug-likeness (QED) is 0.601. The Labute approximate surface area is 184 Å². The number of hydrogen-bond acceptors (Lipinski definition) is 7. The van der Waals surface area contributed by atoms with Crippen LogP contribution in [0.4, 0.5) is 0 Å². The number of morpholine rings is 1. The number of nitrogens with zero attached hydrogens (tertiary/aromatic N) is 1. The molecular formula is C20H22ClNO6S2. The van der Waals surface area contributed by atoms with E-state index in [1.807, 2.05) is 6.92 Å². The first-order chi connectivity index (χ1) is 14.1. The standard InChI is InChI=1S/C20H22ClNO6S2/c1-12-8-14(4-5-16(12)13(2)23)28-10-15-9-22(6-7-27-15)20(24)19-18(21)17(11-29-19)30(3,25)26/h4-5,8,11,15H,6-7,9-10H2,1-3H3. The number of benzene rings is 1. The van der Waals surface area contributed by atoms with E-state index in [0.29, 0.717) is 31.0 Å². The molecule has 0 radical (unpaired) electrons. The second-order valence-electron chi connectivity index (χ2n) is 7.10. The van der Waals surface area contributed by atoms with E-state index in [2.05, 4.69) is 0 Å². The Morgan fingerprint density at radius 3 is 2.70 bits per heavy atom. The highest BCUT2D eigenvalue weighted by Gasteiger charge is 2.30. The van der Waals surface area contributed by atoms with Gasteiger partial charge in [-0.3, -0.25) is 9.59 Å². The predicted octanol–water partition coefficient (Wildman–Crippen LogP) is 3.24. The molecule has 1 aromatic carbocycles. The SMILES string of the molecule is CC(=O)c1ccc(OCC2CN(C(=O)c3scc(S(C)(=O)=O)c3Cl)CCO2)cc1C. The number of carbonyl (C=O) groups excluding carboxylic acids is 2. The summed E-state index contributed by atoms with van der Waals surface area (Å²) in [5.41, 5.74) is 1.48. The van der Waals surface area contributed by atoms with Crippen molar-refractivity contribution in [3.8, 4) is 5.75 Å². The molecule has 162 valence electrons. The van der Waals surface area contributed by atoms with Gasteiger partial charge in [0.2, 0.25) is 0 Å². The van der Waals surface area contributed by atoms with Gasteiger partial charge in [0.05, 0.1) is 23.1 Å². The molecule has 2 aromatic rings. The van der Waals surface area contributed by atoms with E-state index in [4.69, 9.17) is 21.1 Å². The molecule has 1 aliphatic heterocycles. The molecule has 1 fully saturated rings. The molecule has 1 amide bonds. The van der Waals surface area contributed by atoms with Crippen molar-refractivity contribution in [2.24, 2.45) is 0 Å². The van der Waals surface area contributed by atoms with Gasteiger partial charge in [0.1, 0.15) is 23.3 Å². The van der Waals surface area contributed by atoms with Crippen molar-refractivity contribution in [3.63, 3.8) is 0 Å². The lowest BCUT2D eigenvalue weighted by Gasteiger charge is -2.32. The average Bonchev–Trinajstić information content (AvgIpc) is 3.07. The summed E-state index contributed by atoms with van der Waals surface area (Å²) in [5.74, 6) is 0.286. The summed E-state index contributed by atoms with van der Waals surface area (Å²) < 4.78 is 35.0. The molecule has 1 unspecified atom stereocenters. The molecule has 0 N–H and O–H groups in total. The number of carbonyl (C=O) groups is 2. The lowest BCUT2D eigenvalue weighted by atomic mass is 10.1. The van der Waals surface area contributed by atoms with Crippen LogP contribution in [0.15, 0.2) is 28.5 Å². The first-order valence-electron chi connectivity index (χ1n) is 9.20. The number of rotatable bonds is 6. The minimum Gasteiger partial charge on any atom is -0.491 e. The van der Waals surface area contributed by atoms with Crippen LogP contribution in [0, 0.1) is 6.92 Å². The van der Waals surface area contributed by atoms with Gasteiger partial charge < -0.3 is 14.4 Å². The smallest absolute Gasteiger partial charge is 0.265 e. The molecule has 0 aliphatic carbocycles. The van der Waals surface area contributed by atoms with Gasteiger partial charge >= 0.3 is 0 Å². The largest absolute Gasteiger partial charge is 0.491 e. The van der Waals surface area contributed by atoms with Crippen LogP contribution in [-0.4, -0.2) is 63.7 Å². The zero-order valence-electron chi connectivity index (χ0n) is 16.8. The molecule has 7 nitrogen and oxygen atoms in total. The lowest BCUT2D eigenvalue weighted by Crippen LogP contribution is -2.47. The highest BCUT2D eigenvalue weighted by Crippen LogP contribution is 2.32. The summed E-state index contributed by atoms with van der Waals surface area (Å²) in [6.45, 7) is 4.61. The third kappa shape index (κ3) is 5.03. The number of halogens is 1. The van der Waals surface area contributed by atoms with Gasteiger partial charge in [0.15, 0.2) is 15.6 Å².